The Morgan fingerprint density at radius 2 is 2.07 bits per heavy atom. The first kappa shape index (κ1) is 10.6. The first-order chi connectivity index (χ1) is 6.83. The van der Waals surface area contributed by atoms with E-state index in [-0.39, 0.29) is 5.97 Å². The molecule has 0 aromatic heterocycles. The third-order valence-electron chi connectivity index (χ3n) is 1.83. The van der Waals surface area contributed by atoms with E-state index in [0.29, 0.717) is 13.0 Å². The van der Waals surface area contributed by atoms with Crippen LogP contribution in [0.2, 0.25) is 0 Å². The first-order valence-electron chi connectivity index (χ1n) is 4.87. The monoisotopic (exact) mass is 191 g/mol. The molecule has 0 atom stereocenters. The van der Waals surface area contributed by atoms with E-state index in [9.17, 15) is 4.79 Å². The summed E-state index contributed by atoms with van der Waals surface area (Å²) in [5.41, 5.74) is 1.15. The Bertz CT molecular complexity index is 267. The van der Waals surface area contributed by atoms with Gasteiger partial charge in [0.05, 0.1) is 13.0 Å². The van der Waals surface area contributed by atoms with Crippen molar-refractivity contribution in [1.29, 1.82) is 0 Å². The van der Waals surface area contributed by atoms with Gasteiger partial charge in [0.1, 0.15) is 5.56 Å². The van der Waals surface area contributed by atoms with Crippen LogP contribution in [0.1, 0.15) is 25.3 Å². The van der Waals surface area contributed by atoms with Crippen LogP contribution in [0.25, 0.3) is 0 Å². The zero-order valence-corrected chi connectivity index (χ0v) is 8.40. The Labute approximate surface area is 84.9 Å². The lowest BCUT2D eigenvalue weighted by Crippen LogP contribution is -2.03. The van der Waals surface area contributed by atoms with Gasteiger partial charge in [0.25, 0.3) is 0 Å². The Kier molecular flexibility index (Phi) is 4.62. The highest BCUT2D eigenvalue weighted by Crippen LogP contribution is 2.07. The van der Waals surface area contributed by atoms with Crippen molar-refractivity contribution >= 4 is 5.97 Å². The summed E-state index contributed by atoms with van der Waals surface area (Å²) in [6, 6.07) is 9.98. The third-order valence-corrected chi connectivity index (χ3v) is 1.83. The molecule has 0 aliphatic rings. The van der Waals surface area contributed by atoms with Gasteiger partial charge in [-0.15, -0.1) is 0 Å². The molecule has 14 heavy (non-hydrogen) atoms. The summed E-state index contributed by atoms with van der Waals surface area (Å²) >= 11 is 0. The molecule has 0 unspecified atom stereocenters. The van der Waals surface area contributed by atoms with Crippen LogP contribution in [0.5, 0.6) is 0 Å². The van der Waals surface area contributed by atoms with Crippen molar-refractivity contribution in [2.24, 2.45) is 0 Å². The molecule has 2 nitrogen and oxygen atoms in total. The minimum Gasteiger partial charge on any atom is -0.466 e. The van der Waals surface area contributed by atoms with Gasteiger partial charge in [-0.25, -0.2) is 0 Å². The maximum atomic E-state index is 11.0. The fourth-order valence-corrected chi connectivity index (χ4v) is 1.18. The largest absolute Gasteiger partial charge is 0.466 e. The van der Waals surface area contributed by atoms with Crippen LogP contribution in [-0.2, 0) is 9.53 Å². The van der Waals surface area contributed by atoms with Crippen molar-refractivity contribution in [2.45, 2.75) is 19.8 Å². The predicted octanol–water partition coefficient (Wildman–Crippen LogP) is 2.58. The lowest BCUT2D eigenvalue weighted by atomic mass is 10.1. The molecule has 74 valence electrons. The average molecular weight is 191 g/mol. The molecule has 0 radical (unpaired) electrons. The predicted molar refractivity (Wildman–Crippen MR) is 55.7 cm³/mol. The maximum absolute atomic E-state index is 11.0. The summed E-state index contributed by atoms with van der Waals surface area (Å²) < 4.78 is 4.82. The lowest BCUT2D eigenvalue weighted by molar-refractivity contribution is -0.143. The molecule has 0 aliphatic heterocycles. The number of hydrogen-bond acceptors (Lipinski definition) is 2. The summed E-state index contributed by atoms with van der Waals surface area (Å²) in [5, 5.41) is 0. The van der Waals surface area contributed by atoms with Gasteiger partial charge in [0.2, 0.25) is 0 Å². The first-order valence-corrected chi connectivity index (χ1v) is 4.87. The Morgan fingerprint density at radius 1 is 1.36 bits per heavy atom. The van der Waals surface area contributed by atoms with E-state index in [1.165, 1.54) is 0 Å². The van der Waals surface area contributed by atoms with Gasteiger partial charge in [-0.2, -0.15) is 0 Å². The number of rotatable bonds is 5. The fraction of sp³-hybridized carbons (Fsp3) is 0.333. The molecule has 1 rings (SSSR count). The van der Waals surface area contributed by atoms with Crippen LogP contribution in [0.15, 0.2) is 30.3 Å². The average Bonchev–Trinajstić information content (AvgIpc) is 2.20. The molecule has 0 N–H and O–H groups in total. The summed E-state index contributed by atoms with van der Waals surface area (Å²) in [4.78, 5) is 11.0. The van der Waals surface area contributed by atoms with E-state index >= 15 is 0 Å². The van der Waals surface area contributed by atoms with Crippen LogP contribution in [-0.4, -0.2) is 12.6 Å². The molecule has 0 heterocycles. The summed E-state index contributed by atoms with van der Waals surface area (Å²) in [7, 11) is 0. The quantitative estimate of drug-likeness (QED) is 0.528. The lowest BCUT2D eigenvalue weighted by Gasteiger charge is -1.98. The summed E-state index contributed by atoms with van der Waals surface area (Å²) in [6.07, 6.45) is 3.24. The second-order valence-corrected chi connectivity index (χ2v) is 2.96. The van der Waals surface area contributed by atoms with Crippen LogP contribution < -0.4 is 0 Å². The molecular formula is C12H15O2+. The van der Waals surface area contributed by atoms with Crippen LogP contribution in [0.3, 0.4) is 0 Å². The molecule has 1 aromatic carbocycles. The van der Waals surface area contributed by atoms with E-state index in [4.69, 9.17) is 4.74 Å². The molecule has 2 heteroatoms. The van der Waals surface area contributed by atoms with E-state index in [1.54, 1.807) is 0 Å². The van der Waals surface area contributed by atoms with Gasteiger partial charge in [0, 0.05) is 25.0 Å². The van der Waals surface area contributed by atoms with Crippen molar-refractivity contribution in [3.63, 3.8) is 0 Å². The van der Waals surface area contributed by atoms with Crippen molar-refractivity contribution in [3.8, 4) is 0 Å². The highest BCUT2D eigenvalue weighted by molar-refractivity contribution is 5.69. The van der Waals surface area contributed by atoms with Crippen molar-refractivity contribution in [2.75, 3.05) is 6.61 Å². The van der Waals surface area contributed by atoms with E-state index in [0.717, 1.165) is 12.0 Å². The summed E-state index contributed by atoms with van der Waals surface area (Å²) in [5.74, 6) is -0.125. The zero-order chi connectivity index (χ0) is 10.2. The number of esters is 1. The molecular weight excluding hydrogens is 176 g/mol. The highest BCUT2D eigenvalue weighted by Gasteiger charge is 2.05. The van der Waals surface area contributed by atoms with Crippen molar-refractivity contribution < 1.29 is 9.53 Å². The normalized spacial score (nSPS) is 9.50. The van der Waals surface area contributed by atoms with E-state index in [2.05, 4.69) is 0 Å². The minimum atomic E-state index is -0.125. The Morgan fingerprint density at radius 3 is 2.71 bits per heavy atom. The Hall–Kier alpha value is -1.44. The highest BCUT2D eigenvalue weighted by atomic mass is 16.5. The van der Waals surface area contributed by atoms with Gasteiger partial charge in [-0.05, 0) is 25.1 Å². The van der Waals surface area contributed by atoms with E-state index < -0.39 is 0 Å². The number of carbonyl (C=O) groups excluding carboxylic acids is 1. The number of ether oxygens (including phenoxy) is 1. The van der Waals surface area contributed by atoms with Gasteiger partial charge in [-0.1, -0.05) is 0 Å². The smallest absolute Gasteiger partial charge is 0.307 e. The zero-order valence-electron chi connectivity index (χ0n) is 8.40. The topological polar surface area (TPSA) is 26.3 Å². The van der Waals surface area contributed by atoms with Crippen LogP contribution in [0.4, 0.5) is 0 Å². The molecule has 0 bridgehead atoms. The maximum Gasteiger partial charge on any atom is 0.307 e. The van der Waals surface area contributed by atoms with Crippen LogP contribution >= 0.6 is 0 Å². The fourth-order valence-electron chi connectivity index (χ4n) is 1.18. The van der Waals surface area contributed by atoms with Gasteiger partial charge in [-0.3, -0.25) is 4.79 Å². The molecule has 0 saturated heterocycles. The van der Waals surface area contributed by atoms with Gasteiger partial charge >= 0.3 is 5.97 Å². The molecule has 0 saturated carbocycles. The summed E-state index contributed by atoms with van der Waals surface area (Å²) in [6.45, 7) is 2.28. The standard InChI is InChI=1S/C12H15O2/c1-2-14-12(13)10-6-9-11-7-4-3-5-8-11/h3-5,7-9H,2,6,10H2,1H3/q+1. The molecule has 0 amide bonds. The van der Waals surface area contributed by atoms with E-state index in [1.807, 2.05) is 43.7 Å². The second kappa shape index (κ2) is 6.08. The molecule has 0 spiro atoms. The third kappa shape index (κ3) is 3.99. The number of hydrogen-bond donors (Lipinski definition) is 0. The molecule has 0 fully saturated rings. The SMILES string of the molecule is CCOC(=O)CC[CH+]c1ccccc1. The Balaban J connectivity index is 2.19. The molecule has 1 aromatic rings. The minimum absolute atomic E-state index is 0.125. The van der Waals surface area contributed by atoms with Crippen molar-refractivity contribution in [1.82, 2.24) is 0 Å². The van der Waals surface area contributed by atoms with Gasteiger partial charge < -0.3 is 4.74 Å². The van der Waals surface area contributed by atoms with Crippen LogP contribution in [0, 0.1) is 6.42 Å². The number of benzene rings is 1. The number of carbonyl (C=O) groups is 1. The molecule has 0 aliphatic carbocycles. The second-order valence-electron chi connectivity index (χ2n) is 2.96. The van der Waals surface area contributed by atoms with Crippen molar-refractivity contribution in [3.05, 3.63) is 42.3 Å². The van der Waals surface area contributed by atoms with Gasteiger partial charge in [0.15, 0.2) is 0 Å².